The minimum Gasteiger partial charge on any atom is -0.395 e. The van der Waals surface area contributed by atoms with Crippen molar-refractivity contribution in [2.24, 2.45) is 0 Å². The van der Waals surface area contributed by atoms with E-state index in [-0.39, 0.29) is 17.2 Å². The highest BCUT2D eigenvalue weighted by Crippen LogP contribution is 2.32. The number of sulfonamides is 1. The van der Waals surface area contributed by atoms with Gasteiger partial charge in [-0.25, -0.2) is 13.1 Å². The molecular weight excluding hydrogens is 352 g/mol. The lowest BCUT2D eigenvalue weighted by atomic mass is 10.2. The second-order valence-corrected chi connectivity index (χ2v) is 6.88. The fourth-order valence-corrected chi connectivity index (χ4v) is 4.16. The molecule has 0 aliphatic carbocycles. The second-order valence-electron chi connectivity index (χ2n) is 4.35. The summed E-state index contributed by atoms with van der Waals surface area (Å²) in [4.78, 5) is 11.2. The molecule has 0 atom stereocenters. The summed E-state index contributed by atoms with van der Waals surface area (Å²) >= 11 is 3.14. The van der Waals surface area contributed by atoms with E-state index in [0.717, 1.165) is 0 Å². The second kappa shape index (κ2) is 5.78. The predicted molar refractivity (Wildman–Crippen MR) is 74.8 cm³/mol. The van der Waals surface area contributed by atoms with Crippen LogP contribution >= 0.6 is 15.9 Å². The van der Waals surface area contributed by atoms with Crippen LogP contribution in [0.4, 0.5) is 5.69 Å². The van der Waals surface area contributed by atoms with Gasteiger partial charge in [-0.1, -0.05) is 0 Å². The molecule has 1 aliphatic heterocycles. The highest BCUT2D eigenvalue weighted by Gasteiger charge is 2.26. The van der Waals surface area contributed by atoms with Crippen LogP contribution in [0.5, 0.6) is 0 Å². The van der Waals surface area contributed by atoms with Crippen molar-refractivity contribution >= 4 is 37.5 Å². The van der Waals surface area contributed by atoms with Crippen molar-refractivity contribution in [3.63, 3.8) is 0 Å². The molecule has 110 valence electrons. The first-order valence-corrected chi connectivity index (χ1v) is 8.01. The van der Waals surface area contributed by atoms with Crippen LogP contribution in [0, 0.1) is 0 Å². The number of benzene rings is 1. The first kappa shape index (κ1) is 15.4. The molecule has 1 aromatic carbocycles. The molecule has 20 heavy (non-hydrogen) atoms. The quantitative estimate of drug-likeness (QED) is 0.566. The van der Waals surface area contributed by atoms with Crippen molar-refractivity contribution in [1.82, 2.24) is 4.72 Å². The zero-order valence-electron chi connectivity index (χ0n) is 10.3. The SMILES string of the molecule is O=C1Cc2cc(S(=O)(=O)NC(CO)CO)c(Br)cc2N1. The van der Waals surface area contributed by atoms with Crippen molar-refractivity contribution < 1.29 is 23.4 Å². The Hall–Kier alpha value is -1.00. The first-order valence-electron chi connectivity index (χ1n) is 5.73. The Bertz CT molecular complexity index is 642. The van der Waals surface area contributed by atoms with Gasteiger partial charge in [0.1, 0.15) is 0 Å². The molecule has 0 aromatic heterocycles. The average molecular weight is 365 g/mol. The van der Waals surface area contributed by atoms with E-state index < -0.39 is 29.3 Å². The third-order valence-electron chi connectivity index (χ3n) is 2.83. The van der Waals surface area contributed by atoms with Crippen LogP contribution in [-0.2, 0) is 21.2 Å². The summed E-state index contributed by atoms with van der Waals surface area (Å²) in [6.07, 6.45) is 0.120. The van der Waals surface area contributed by atoms with Crippen molar-refractivity contribution in [1.29, 1.82) is 0 Å². The molecule has 0 radical (unpaired) electrons. The molecule has 7 nitrogen and oxygen atoms in total. The Morgan fingerprint density at radius 2 is 2.00 bits per heavy atom. The number of carbonyl (C=O) groups excluding carboxylic acids is 1. The van der Waals surface area contributed by atoms with Gasteiger partial charge in [0.2, 0.25) is 15.9 Å². The van der Waals surface area contributed by atoms with Gasteiger partial charge in [-0.15, -0.1) is 0 Å². The Morgan fingerprint density at radius 3 is 2.60 bits per heavy atom. The maximum Gasteiger partial charge on any atom is 0.242 e. The molecule has 0 spiro atoms. The summed E-state index contributed by atoms with van der Waals surface area (Å²) in [5.74, 6) is -0.196. The number of halogens is 1. The Labute approximate surface area is 124 Å². The molecule has 1 amide bonds. The van der Waals surface area contributed by atoms with Crippen LogP contribution in [0.1, 0.15) is 5.56 Å². The van der Waals surface area contributed by atoms with Crippen LogP contribution < -0.4 is 10.0 Å². The van der Waals surface area contributed by atoms with Crippen molar-refractivity contribution in [2.75, 3.05) is 18.5 Å². The number of aliphatic hydroxyl groups excluding tert-OH is 2. The number of aliphatic hydroxyl groups is 2. The van der Waals surface area contributed by atoms with Gasteiger partial charge < -0.3 is 15.5 Å². The lowest BCUT2D eigenvalue weighted by Crippen LogP contribution is -2.40. The van der Waals surface area contributed by atoms with E-state index in [1.165, 1.54) is 12.1 Å². The van der Waals surface area contributed by atoms with Crippen LogP contribution in [0.2, 0.25) is 0 Å². The van der Waals surface area contributed by atoms with E-state index in [9.17, 15) is 13.2 Å². The fourth-order valence-electron chi connectivity index (χ4n) is 1.85. The topological polar surface area (TPSA) is 116 Å². The highest BCUT2D eigenvalue weighted by atomic mass is 79.9. The predicted octanol–water partition coefficient (Wildman–Crippen LogP) is -0.425. The number of fused-ring (bicyclic) bond motifs is 1. The van der Waals surface area contributed by atoms with E-state index in [2.05, 4.69) is 26.0 Å². The molecule has 2 rings (SSSR count). The average Bonchev–Trinajstić information content (AvgIpc) is 2.74. The summed E-state index contributed by atoms with van der Waals surface area (Å²) in [5, 5.41) is 20.5. The summed E-state index contributed by atoms with van der Waals surface area (Å²) < 4.78 is 26.9. The number of anilines is 1. The molecule has 1 heterocycles. The molecule has 1 aromatic rings. The summed E-state index contributed by atoms with van der Waals surface area (Å²) in [5.41, 5.74) is 1.16. The largest absolute Gasteiger partial charge is 0.395 e. The number of carbonyl (C=O) groups is 1. The monoisotopic (exact) mass is 364 g/mol. The maximum atomic E-state index is 12.2. The van der Waals surface area contributed by atoms with E-state index in [0.29, 0.717) is 15.7 Å². The lowest BCUT2D eigenvalue weighted by Gasteiger charge is -2.15. The third-order valence-corrected chi connectivity index (χ3v) is 5.31. The molecular formula is C11H13BrN2O5S. The Balaban J connectivity index is 2.38. The van der Waals surface area contributed by atoms with E-state index >= 15 is 0 Å². The Morgan fingerprint density at radius 1 is 1.35 bits per heavy atom. The van der Waals surface area contributed by atoms with Gasteiger partial charge in [0.25, 0.3) is 0 Å². The van der Waals surface area contributed by atoms with Crippen molar-refractivity contribution in [2.45, 2.75) is 17.4 Å². The molecule has 0 saturated heterocycles. The summed E-state index contributed by atoms with van der Waals surface area (Å²) in [6, 6.07) is 1.94. The number of hydrogen-bond donors (Lipinski definition) is 4. The molecule has 4 N–H and O–H groups in total. The maximum absolute atomic E-state index is 12.2. The van der Waals surface area contributed by atoms with E-state index in [1.807, 2.05) is 0 Å². The lowest BCUT2D eigenvalue weighted by molar-refractivity contribution is -0.115. The van der Waals surface area contributed by atoms with Crippen molar-refractivity contribution in [3.8, 4) is 0 Å². The van der Waals surface area contributed by atoms with Gasteiger partial charge in [0.05, 0.1) is 30.6 Å². The van der Waals surface area contributed by atoms with Gasteiger partial charge >= 0.3 is 0 Å². The number of nitrogens with one attached hydrogen (secondary N) is 2. The highest BCUT2D eigenvalue weighted by molar-refractivity contribution is 9.10. The number of hydrogen-bond acceptors (Lipinski definition) is 5. The van der Waals surface area contributed by atoms with Gasteiger partial charge in [-0.05, 0) is 33.6 Å². The normalized spacial score (nSPS) is 14.5. The molecule has 1 aliphatic rings. The molecule has 0 saturated carbocycles. The first-order chi connectivity index (χ1) is 9.37. The van der Waals surface area contributed by atoms with Gasteiger partial charge in [-0.3, -0.25) is 4.79 Å². The fraction of sp³-hybridized carbons (Fsp3) is 0.364. The van der Waals surface area contributed by atoms with Gasteiger partial charge in [0, 0.05) is 10.2 Å². The van der Waals surface area contributed by atoms with Gasteiger partial charge in [0.15, 0.2) is 0 Å². The Kier molecular flexibility index (Phi) is 4.45. The zero-order chi connectivity index (χ0) is 14.9. The molecule has 0 bridgehead atoms. The van der Waals surface area contributed by atoms with Crippen LogP contribution in [0.3, 0.4) is 0 Å². The van der Waals surface area contributed by atoms with Crippen LogP contribution in [0.15, 0.2) is 21.5 Å². The molecule has 9 heteroatoms. The van der Waals surface area contributed by atoms with Crippen molar-refractivity contribution in [3.05, 3.63) is 22.2 Å². The zero-order valence-corrected chi connectivity index (χ0v) is 12.7. The van der Waals surface area contributed by atoms with Crippen LogP contribution in [-0.4, -0.2) is 43.8 Å². The molecule has 0 fully saturated rings. The smallest absolute Gasteiger partial charge is 0.242 e. The minimum absolute atomic E-state index is 0.0420. The van der Waals surface area contributed by atoms with E-state index in [4.69, 9.17) is 10.2 Å². The van der Waals surface area contributed by atoms with E-state index in [1.54, 1.807) is 0 Å². The minimum atomic E-state index is -3.91. The number of amides is 1. The standard InChI is InChI=1S/C11H13BrN2O5S/c12-8-3-9-6(2-11(17)13-9)1-10(8)20(18,19)14-7(4-15)5-16/h1,3,7,14-16H,2,4-5H2,(H,13,17). The van der Waals surface area contributed by atoms with Crippen LogP contribution in [0.25, 0.3) is 0 Å². The summed E-state index contributed by atoms with van der Waals surface area (Å²) in [6.45, 7) is -1.03. The summed E-state index contributed by atoms with van der Waals surface area (Å²) in [7, 11) is -3.91. The third kappa shape index (κ3) is 3.01. The molecule has 0 unspecified atom stereocenters. The van der Waals surface area contributed by atoms with Gasteiger partial charge in [-0.2, -0.15) is 0 Å². The number of rotatable bonds is 5.